The third kappa shape index (κ3) is 4.39. The fourth-order valence-corrected chi connectivity index (χ4v) is 5.41. The van der Waals surface area contributed by atoms with Gasteiger partial charge in [-0.3, -0.25) is 9.89 Å². The number of ether oxygens (including phenoxy) is 1. The summed E-state index contributed by atoms with van der Waals surface area (Å²) in [5.74, 6) is -0.0453. The zero-order chi connectivity index (χ0) is 22.7. The van der Waals surface area contributed by atoms with Crippen LogP contribution in [0.1, 0.15) is 35.8 Å². The molecule has 32 heavy (non-hydrogen) atoms. The van der Waals surface area contributed by atoms with E-state index in [9.17, 15) is 13.2 Å². The number of nitrogens with zero attached hydrogens (tertiary/aromatic N) is 2. The van der Waals surface area contributed by atoms with Crippen molar-refractivity contribution in [1.82, 2.24) is 14.5 Å². The molecule has 1 aliphatic rings. The first-order chi connectivity index (χ1) is 15.4. The van der Waals surface area contributed by atoms with Gasteiger partial charge in [-0.15, -0.1) is 0 Å². The summed E-state index contributed by atoms with van der Waals surface area (Å²) in [6.45, 7) is 3.07. The van der Waals surface area contributed by atoms with E-state index in [-0.39, 0.29) is 22.2 Å². The van der Waals surface area contributed by atoms with Gasteiger partial charge in [-0.05, 0) is 61.2 Å². The fraction of sp³-hybridized carbons (Fsp3) is 0.304. The molecule has 2 aromatic carbocycles. The molecule has 0 radical (unpaired) electrons. The van der Waals surface area contributed by atoms with Gasteiger partial charge >= 0.3 is 0 Å². The molecule has 0 bridgehead atoms. The van der Waals surface area contributed by atoms with Gasteiger partial charge in [-0.2, -0.15) is 9.40 Å². The summed E-state index contributed by atoms with van der Waals surface area (Å²) >= 11 is 0. The smallest absolute Gasteiger partial charge is 0.273 e. The van der Waals surface area contributed by atoms with Gasteiger partial charge in [0.25, 0.3) is 5.91 Å². The second kappa shape index (κ2) is 9.13. The van der Waals surface area contributed by atoms with Crippen LogP contribution in [0.25, 0.3) is 11.3 Å². The van der Waals surface area contributed by atoms with E-state index >= 15 is 0 Å². The molecule has 1 amide bonds. The third-order valence-corrected chi connectivity index (χ3v) is 7.50. The molecule has 0 atom stereocenters. The number of amides is 1. The summed E-state index contributed by atoms with van der Waals surface area (Å²) in [6.07, 6.45) is 2.62. The highest BCUT2D eigenvalue weighted by Crippen LogP contribution is 2.32. The second-order valence-corrected chi connectivity index (χ2v) is 9.55. The van der Waals surface area contributed by atoms with Crippen molar-refractivity contribution < 1.29 is 17.9 Å². The number of hydrogen-bond acceptors (Lipinski definition) is 5. The van der Waals surface area contributed by atoms with Crippen molar-refractivity contribution in [1.29, 1.82) is 0 Å². The summed E-state index contributed by atoms with van der Waals surface area (Å²) in [6, 6.07) is 14.1. The van der Waals surface area contributed by atoms with Gasteiger partial charge in [-0.25, -0.2) is 8.42 Å². The Bertz CT molecular complexity index is 1210. The lowest BCUT2D eigenvalue weighted by Gasteiger charge is -2.18. The molecule has 1 fully saturated rings. The predicted molar refractivity (Wildman–Crippen MR) is 122 cm³/mol. The van der Waals surface area contributed by atoms with Crippen molar-refractivity contribution in [3.63, 3.8) is 0 Å². The molecule has 2 N–H and O–H groups in total. The molecular weight excluding hydrogens is 428 g/mol. The van der Waals surface area contributed by atoms with Crippen LogP contribution < -0.4 is 10.1 Å². The number of rotatable bonds is 7. The van der Waals surface area contributed by atoms with E-state index in [4.69, 9.17) is 4.74 Å². The number of carbonyl (C=O) groups excluding carboxylic acids is 1. The number of carbonyl (C=O) groups is 1. The van der Waals surface area contributed by atoms with Crippen molar-refractivity contribution in [2.75, 3.05) is 25.5 Å². The topological polar surface area (TPSA) is 104 Å². The fourth-order valence-electron chi connectivity index (χ4n) is 3.71. The minimum atomic E-state index is -3.68. The van der Waals surface area contributed by atoms with Crippen molar-refractivity contribution >= 4 is 21.6 Å². The zero-order valence-corrected chi connectivity index (χ0v) is 18.9. The molecule has 1 aromatic heterocycles. The summed E-state index contributed by atoms with van der Waals surface area (Å²) in [4.78, 5) is 12.7. The lowest BCUT2D eigenvalue weighted by molar-refractivity contribution is 0.102. The van der Waals surface area contributed by atoms with Gasteiger partial charge < -0.3 is 10.1 Å². The number of nitrogens with one attached hydrogen (secondary N) is 2. The Labute approximate surface area is 187 Å². The molecule has 2 heterocycles. The highest BCUT2D eigenvalue weighted by atomic mass is 32.2. The summed E-state index contributed by atoms with van der Waals surface area (Å²) in [5.41, 5.74) is 3.19. The average Bonchev–Trinajstić information content (AvgIpc) is 3.52. The van der Waals surface area contributed by atoms with Crippen LogP contribution in [0.3, 0.4) is 0 Å². The Kier molecular flexibility index (Phi) is 6.29. The van der Waals surface area contributed by atoms with E-state index in [2.05, 4.69) is 22.4 Å². The molecule has 4 rings (SSSR count). The number of aromatic amines is 1. The second-order valence-electron chi connectivity index (χ2n) is 7.65. The lowest BCUT2D eigenvalue weighted by Crippen LogP contribution is -2.28. The number of benzene rings is 2. The highest BCUT2D eigenvalue weighted by molar-refractivity contribution is 7.89. The summed E-state index contributed by atoms with van der Waals surface area (Å²) in [7, 11) is -2.23. The van der Waals surface area contributed by atoms with E-state index in [1.807, 2.05) is 24.3 Å². The summed E-state index contributed by atoms with van der Waals surface area (Å²) in [5, 5.41) is 9.79. The van der Waals surface area contributed by atoms with Gasteiger partial charge in [0.05, 0.1) is 12.8 Å². The van der Waals surface area contributed by atoms with Crippen LogP contribution in [-0.4, -0.2) is 49.0 Å². The molecule has 3 aromatic rings. The van der Waals surface area contributed by atoms with Gasteiger partial charge in [0.2, 0.25) is 10.0 Å². The van der Waals surface area contributed by atoms with Gasteiger partial charge in [-0.1, -0.05) is 19.1 Å². The minimum Gasteiger partial charge on any atom is -0.495 e. The normalized spacial score (nSPS) is 14.4. The number of hydrogen-bond donors (Lipinski definition) is 2. The molecule has 8 nitrogen and oxygen atoms in total. The lowest BCUT2D eigenvalue weighted by atomic mass is 10.1. The molecule has 9 heteroatoms. The van der Waals surface area contributed by atoms with Crippen LogP contribution >= 0.6 is 0 Å². The largest absolute Gasteiger partial charge is 0.495 e. The van der Waals surface area contributed by atoms with E-state index in [1.54, 1.807) is 24.3 Å². The molecule has 1 saturated heterocycles. The van der Waals surface area contributed by atoms with Crippen LogP contribution in [-0.2, 0) is 16.4 Å². The van der Waals surface area contributed by atoms with Crippen molar-refractivity contribution in [2.24, 2.45) is 0 Å². The third-order valence-electron chi connectivity index (χ3n) is 5.58. The number of H-pyrrole nitrogens is 1. The molecule has 0 unspecified atom stereocenters. The number of methoxy groups -OCH3 is 1. The number of aryl methyl sites for hydroxylation is 1. The monoisotopic (exact) mass is 454 g/mol. The Hall–Kier alpha value is -3.17. The first-order valence-corrected chi connectivity index (χ1v) is 12.0. The van der Waals surface area contributed by atoms with Crippen molar-refractivity contribution in [3.8, 4) is 17.0 Å². The number of anilines is 1. The average molecular weight is 455 g/mol. The number of aromatic nitrogens is 2. The molecular formula is C23H26N4O4S. The first-order valence-electron chi connectivity index (χ1n) is 10.6. The Balaban J connectivity index is 1.58. The van der Waals surface area contributed by atoms with Gasteiger partial charge in [0.1, 0.15) is 16.3 Å². The maximum Gasteiger partial charge on any atom is 0.273 e. The van der Waals surface area contributed by atoms with Gasteiger partial charge in [0, 0.05) is 24.3 Å². The Morgan fingerprint density at radius 2 is 1.84 bits per heavy atom. The molecule has 1 aliphatic heterocycles. The molecule has 0 spiro atoms. The van der Waals surface area contributed by atoms with E-state index in [0.717, 1.165) is 19.3 Å². The first kappa shape index (κ1) is 22.0. The standard InChI is InChI=1S/C23H26N4O4S/c1-3-16-6-9-18(10-7-16)24-23(28)20-15-19(25-26-20)17-8-11-21(31-2)22(14-17)32(29,30)27-12-4-5-13-27/h6-11,14-15H,3-5,12-13H2,1-2H3,(H,24,28)(H,25,26). The summed E-state index contributed by atoms with van der Waals surface area (Å²) < 4.78 is 33.0. The molecule has 0 aliphatic carbocycles. The maximum atomic E-state index is 13.1. The van der Waals surface area contributed by atoms with Crippen molar-refractivity contribution in [2.45, 2.75) is 31.1 Å². The molecule has 0 saturated carbocycles. The van der Waals surface area contributed by atoms with Crippen LogP contribution in [0.4, 0.5) is 5.69 Å². The van der Waals surface area contributed by atoms with Crippen LogP contribution in [0.15, 0.2) is 53.4 Å². The van der Waals surface area contributed by atoms with Crippen molar-refractivity contribution in [3.05, 3.63) is 59.8 Å². The van der Waals surface area contributed by atoms with E-state index in [1.165, 1.54) is 17.0 Å². The highest BCUT2D eigenvalue weighted by Gasteiger charge is 2.30. The zero-order valence-electron chi connectivity index (χ0n) is 18.1. The van der Waals surface area contributed by atoms with Crippen LogP contribution in [0.2, 0.25) is 0 Å². The maximum absolute atomic E-state index is 13.1. The number of sulfonamides is 1. The van der Waals surface area contributed by atoms with Crippen LogP contribution in [0.5, 0.6) is 5.75 Å². The van der Waals surface area contributed by atoms with Gasteiger partial charge in [0.15, 0.2) is 0 Å². The minimum absolute atomic E-state index is 0.101. The Morgan fingerprint density at radius 1 is 1.12 bits per heavy atom. The van der Waals surface area contributed by atoms with E-state index in [0.29, 0.717) is 30.0 Å². The van der Waals surface area contributed by atoms with Crippen LogP contribution in [0, 0.1) is 0 Å². The SMILES string of the molecule is CCc1ccc(NC(=O)c2cc(-c3ccc(OC)c(S(=O)(=O)N4CCCC4)c3)n[nH]2)cc1. The quantitative estimate of drug-likeness (QED) is 0.567. The predicted octanol–water partition coefficient (Wildman–Crippen LogP) is 3.68. The molecule has 168 valence electrons. The Morgan fingerprint density at radius 3 is 2.50 bits per heavy atom. The van der Waals surface area contributed by atoms with E-state index < -0.39 is 10.0 Å².